The van der Waals surface area contributed by atoms with E-state index >= 15 is 0 Å². The van der Waals surface area contributed by atoms with Gasteiger partial charge in [0, 0.05) is 11.8 Å². The van der Waals surface area contributed by atoms with E-state index in [1.54, 1.807) is 24.6 Å². The molecule has 8 heteroatoms. The lowest BCUT2D eigenvalue weighted by molar-refractivity contribution is 0.269. The van der Waals surface area contributed by atoms with Gasteiger partial charge < -0.3 is 9.64 Å². The van der Waals surface area contributed by atoms with Crippen LogP contribution in [-0.4, -0.2) is 30.7 Å². The van der Waals surface area contributed by atoms with Crippen molar-refractivity contribution < 1.29 is 13.5 Å². The summed E-state index contributed by atoms with van der Waals surface area (Å²) < 4.78 is 34.8. The first-order valence-electron chi connectivity index (χ1n) is 9.75. The van der Waals surface area contributed by atoms with E-state index in [9.17, 15) is 8.78 Å². The molecule has 0 spiro atoms. The summed E-state index contributed by atoms with van der Waals surface area (Å²) in [6, 6.07) is 6.63. The summed E-state index contributed by atoms with van der Waals surface area (Å²) >= 11 is 12.9. The van der Waals surface area contributed by atoms with Gasteiger partial charge in [0.25, 0.3) is 0 Å². The SMILES string of the molecule is CCO/C=C/C1=CN=C2[C@H](C)N=C(c3c(F)cccc3F)c3c(ccc(Cl)c3Cl)N2C1. The van der Waals surface area contributed by atoms with Crippen LogP contribution in [0.5, 0.6) is 0 Å². The molecule has 0 fully saturated rings. The summed E-state index contributed by atoms with van der Waals surface area (Å²) in [6.07, 6.45) is 5.17. The van der Waals surface area contributed by atoms with Crippen molar-refractivity contribution in [2.24, 2.45) is 9.98 Å². The van der Waals surface area contributed by atoms with Crippen molar-refractivity contribution in [3.05, 3.63) is 87.2 Å². The van der Waals surface area contributed by atoms with Crippen LogP contribution in [0, 0.1) is 11.6 Å². The first kappa shape index (κ1) is 21.5. The molecule has 0 radical (unpaired) electrons. The Morgan fingerprint density at radius 2 is 1.90 bits per heavy atom. The lowest BCUT2D eigenvalue weighted by atomic mass is 9.98. The molecule has 0 saturated carbocycles. The van der Waals surface area contributed by atoms with Gasteiger partial charge in [-0.15, -0.1) is 0 Å². The highest BCUT2D eigenvalue weighted by atomic mass is 35.5. The molecule has 2 heterocycles. The summed E-state index contributed by atoms with van der Waals surface area (Å²) in [5, 5.41) is 0.442. The first-order valence-corrected chi connectivity index (χ1v) is 10.5. The standard InChI is InChI=1S/C23H19Cl2F2N3O/c1-3-31-10-9-14-11-28-23-13(2)29-22(19-16(26)5-4-6-17(19)27)20-18(30(23)12-14)8-7-15(24)21(20)25/h4-11,13H,3,12H2,1-2H3/b10-9+/t13-/m0/s1. The number of hydrogen-bond donors (Lipinski definition) is 0. The van der Waals surface area contributed by atoms with E-state index in [4.69, 9.17) is 27.9 Å². The number of rotatable bonds is 4. The molecule has 2 aliphatic rings. The van der Waals surface area contributed by atoms with Crippen molar-refractivity contribution in [3.8, 4) is 0 Å². The molecule has 0 aliphatic carbocycles. The van der Waals surface area contributed by atoms with Gasteiger partial charge in [-0.05, 0) is 49.8 Å². The molecule has 0 unspecified atom stereocenters. The molecule has 1 atom stereocenters. The predicted octanol–water partition coefficient (Wildman–Crippen LogP) is 6.16. The van der Waals surface area contributed by atoms with Crippen LogP contribution in [0.2, 0.25) is 10.0 Å². The second kappa shape index (κ2) is 8.81. The third kappa shape index (κ3) is 3.98. The Balaban J connectivity index is 1.93. The number of anilines is 1. The third-order valence-electron chi connectivity index (χ3n) is 5.02. The van der Waals surface area contributed by atoms with Crippen LogP contribution >= 0.6 is 23.2 Å². The van der Waals surface area contributed by atoms with Crippen LogP contribution in [0.25, 0.3) is 0 Å². The van der Waals surface area contributed by atoms with Crippen LogP contribution in [0.3, 0.4) is 0 Å². The summed E-state index contributed by atoms with van der Waals surface area (Å²) in [7, 11) is 0. The Bertz CT molecular complexity index is 1140. The highest BCUT2D eigenvalue weighted by Crippen LogP contribution is 2.39. The molecule has 0 amide bonds. The number of hydrogen-bond acceptors (Lipinski definition) is 4. The Labute approximate surface area is 189 Å². The number of halogens is 4. The fraction of sp³-hybridized carbons (Fsp3) is 0.217. The zero-order valence-corrected chi connectivity index (χ0v) is 18.4. The zero-order valence-electron chi connectivity index (χ0n) is 16.9. The normalized spacial score (nSPS) is 18.1. The highest BCUT2D eigenvalue weighted by molar-refractivity contribution is 6.45. The van der Waals surface area contributed by atoms with Crippen LogP contribution < -0.4 is 4.90 Å². The largest absolute Gasteiger partial charge is 0.501 e. The summed E-state index contributed by atoms with van der Waals surface area (Å²) in [6.45, 7) is 4.73. The van der Waals surface area contributed by atoms with Crippen LogP contribution in [0.1, 0.15) is 25.0 Å². The fourth-order valence-corrected chi connectivity index (χ4v) is 4.02. The Kier molecular flexibility index (Phi) is 6.12. The minimum absolute atomic E-state index is 0.106. The van der Waals surface area contributed by atoms with Crippen molar-refractivity contribution >= 4 is 40.4 Å². The van der Waals surface area contributed by atoms with Crippen molar-refractivity contribution in [2.45, 2.75) is 19.9 Å². The van der Waals surface area contributed by atoms with Crippen molar-refractivity contribution in [2.75, 3.05) is 18.1 Å². The predicted molar refractivity (Wildman–Crippen MR) is 122 cm³/mol. The number of benzene rings is 2. The maximum atomic E-state index is 14.8. The van der Waals surface area contributed by atoms with E-state index in [1.165, 1.54) is 18.2 Å². The zero-order chi connectivity index (χ0) is 22.1. The number of amidine groups is 1. The van der Waals surface area contributed by atoms with E-state index in [0.717, 1.165) is 5.57 Å². The van der Waals surface area contributed by atoms with Gasteiger partial charge in [0.05, 0.1) is 46.4 Å². The number of fused-ring (bicyclic) bond motifs is 3. The van der Waals surface area contributed by atoms with Gasteiger partial charge in [-0.3, -0.25) is 4.99 Å². The maximum absolute atomic E-state index is 14.8. The maximum Gasteiger partial charge on any atom is 0.135 e. The lowest BCUT2D eigenvalue weighted by Gasteiger charge is -2.30. The fourth-order valence-electron chi connectivity index (χ4n) is 3.61. The quantitative estimate of drug-likeness (QED) is 0.510. The van der Waals surface area contributed by atoms with Crippen molar-refractivity contribution in [3.63, 3.8) is 0 Å². The molecule has 2 aromatic carbocycles. The van der Waals surface area contributed by atoms with Gasteiger partial charge in [-0.2, -0.15) is 0 Å². The van der Waals surface area contributed by atoms with E-state index in [0.29, 0.717) is 30.2 Å². The van der Waals surface area contributed by atoms with Crippen molar-refractivity contribution in [1.82, 2.24) is 0 Å². The average Bonchev–Trinajstić information content (AvgIpc) is 2.86. The molecule has 0 bridgehead atoms. The van der Waals surface area contributed by atoms with Gasteiger partial charge in [0.1, 0.15) is 23.5 Å². The van der Waals surface area contributed by atoms with Crippen LogP contribution in [-0.2, 0) is 4.74 Å². The van der Waals surface area contributed by atoms with E-state index in [2.05, 4.69) is 9.98 Å². The minimum atomic E-state index is -0.729. The molecule has 0 saturated heterocycles. The molecule has 4 nitrogen and oxygen atoms in total. The summed E-state index contributed by atoms with van der Waals surface area (Å²) in [5.74, 6) is -0.818. The first-order chi connectivity index (χ1) is 14.9. The van der Waals surface area contributed by atoms with Gasteiger partial charge in [-0.1, -0.05) is 29.3 Å². The number of ether oxygens (including phenoxy) is 1. The Hall–Kier alpha value is -2.70. The number of aliphatic imine (C=N–C) groups is 2. The van der Waals surface area contributed by atoms with Gasteiger partial charge in [-0.25, -0.2) is 13.8 Å². The molecule has 2 aliphatic heterocycles. The Morgan fingerprint density at radius 3 is 2.61 bits per heavy atom. The smallest absolute Gasteiger partial charge is 0.135 e. The van der Waals surface area contributed by atoms with E-state index < -0.39 is 17.7 Å². The monoisotopic (exact) mass is 461 g/mol. The van der Waals surface area contributed by atoms with E-state index in [-0.39, 0.29) is 21.3 Å². The molecule has 160 valence electrons. The average molecular weight is 462 g/mol. The van der Waals surface area contributed by atoms with Gasteiger partial charge in [0.2, 0.25) is 0 Å². The van der Waals surface area contributed by atoms with Crippen LogP contribution in [0.4, 0.5) is 14.5 Å². The second-order valence-electron chi connectivity index (χ2n) is 7.04. The highest BCUT2D eigenvalue weighted by Gasteiger charge is 2.33. The molecular formula is C23H19Cl2F2N3O. The number of nitrogens with zero attached hydrogens (tertiary/aromatic N) is 3. The molecule has 2 aromatic rings. The lowest BCUT2D eigenvalue weighted by Crippen LogP contribution is -2.39. The molecule has 31 heavy (non-hydrogen) atoms. The summed E-state index contributed by atoms with van der Waals surface area (Å²) in [4.78, 5) is 11.2. The molecule has 4 rings (SSSR count). The van der Waals surface area contributed by atoms with Gasteiger partial charge in [0.15, 0.2) is 0 Å². The van der Waals surface area contributed by atoms with Crippen molar-refractivity contribution in [1.29, 1.82) is 0 Å². The van der Waals surface area contributed by atoms with Gasteiger partial charge >= 0.3 is 0 Å². The second-order valence-corrected chi connectivity index (χ2v) is 7.83. The minimum Gasteiger partial charge on any atom is -0.501 e. The topological polar surface area (TPSA) is 37.2 Å². The van der Waals surface area contributed by atoms with Crippen LogP contribution in [0.15, 0.2) is 64.4 Å². The third-order valence-corrected chi connectivity index (χ3v) is 5.83. The van der Waals surface area contributed by atoms with E-state index in [1.807, 2.05) is 24.8 Å². The molecular weight excluding hydrogens is 443 g/mol. The molecule has 0 aromatic heterocycles. The summed E-state index contributed by atoms with van der Waals surface area (Å²) in [5.41, 5.74) is 1.74. The molecule has 0 N–H and O–H groups in total. The Morgan fingerprint density at radius 1 is 1.16 bits per heavy atom.